The third-order valence-corrected chi connectivity index (χ3v) is 4.63. The number of nitrogens with one attached hydrogen (secondary N) is 1. The highest BCUT2D eigenvalue weighted by Gasteiger charge is 2.10. The number of carbonyl (C=O) groups excluding carboxylic acids is 1. The molecule has 3 aromatic carbocycles. The van der Waals surface area contributed by atoms with E-state index in [1.807, 2.05) is 42.5 Å². The summed E-state index contributed by atoms with van der Waals surface area (Å²) in [6.45, 7) is 0.489. The number of hydrogen-bond acceptors (Lipinski definition) is 4. The summed E-state index contributed by atoms with van der Waals surface area (Å²) in [5.74, 6) is 1.28. The van der Waals surface area contributed by atoms with Crippen molar-refractivity contribution in [3.05, 3.63) is 102 Å². The summed E-state index contributed by atoms with van der Waals surface area (Å²) in [6.07, 6.45) is 2.18. The summed E-state index contributed by atoms with van der Waals surface area (Å²) < 4.78 is 24.4. The van der Waals surface area contributed by atoms with Gasteiger partial charge in [-0.05, 0) is 54.1 Å². The molecule has 0 radical (unpaired) electrons. The van der Waals surface area contributed by atoms with Gasteiger partial charge in [0.2, 0.25) is 5.91 Å². The maximum absolute atomic E-state index is 13.0. The summed E-state index contributed by atoms with van der Waals surface area (Å²) in [7, 11) is 0. The molecule has 0 aliphatic carbocycles. The largest absolute Gasteiger partial charge is 0.489 e. The first-order valence-corrected chi connectivity index (χ1v) is 9.93. The highest BCUT2D eigenvalue weighted by atomic mass is 19.1. The molecule has 0 aliphatic heterocycles. The van der Waals surface area contributed by atoms with Gasteiger partial charge in [-0.25, -0.2) is 9.37 Å². The van der Waals surface area contributed by atoms with Gasteiger partial charge in [0.05, 0.1) is 6.20 Å². The maximum atomic E-state index is 13.0. The van der Waals surface area contributed by atoms with Crippen LogP contribution in [0.25, 0.3) is 11.3 Å². The van der Waals surface area contributed by atoms with Gasteiger partial charge >= 0.3 is 0 Å². The van der Waals surface area contributed by atoms with E-state index in [0.717, 1.165) is 16.9 Å². The third-order valence-electron chi connectivity index (χ3n) is 4.63. The molecule has 1 heterocycles. The van der Waals surface area contributed by atoms with Crippen LogP contribution in [0.2, 0.25) is 0 Å². The molecule has 0 saturated carbocycles. The predicted octanol–water partition coefficient (Wildman–Crippen LogP) is 5.63. The molecule has 4 aromatic rings. The number of carbonyl (C=O) groups is 1. The molecule has 0 unspecified atom stereocenters. The Morgan fingerprint density at radius 1 is 0.968 bits per heavy atom. The van der Waals surface area contributed by atoms with E-state index in [9.17, 15) is 9.18 Å². The molecule has 0 aliphatic rings. The van der Waals surface area contributed by atoms with Crippen molar-refractivity contribution in [2.75, 3.05) is 5.32 Å². The molecule has 0 saturated heterocycles. The van der Waals surface area contributed by atoms with Crippen molar-refractivity contribution < 1.29 is 18.3 Å². The van der Waals surface area contributed by atoms with Gasteiger partial charge in [-0.15, -0.1) is 0 Å². The van der Waals surface area contributed by atoms with Crippen molar-refractivity contribution in [2.45, 2.75) is 19.4 Å². The second-order valence-corrected chi connectivity index (χ2v) is 6.97. The minimum absolute atomic E-state index is 0.139. The number of hydrogen-bond donors (Lipinski definition) is 1. The molecule has 0 bridgehead atoms. The number of amides is 1. The summed E-state index contributed by atoms with van der Waals surface area (Å²) in [5.41, 5.74) is 2.52. The molecule has 0 spiro atoms. The average molecular weight is 416 g/mol. The van der Waals surface area contributed by atoms with Crippen LogP contribution in [0.1, 0.15) is 17.9 Å². The Hall–Kier alpha value is -3.93. The van der Waals surface area contributed by atoms with E-state index in [1.54, 1.807) is 30.5 Å². The smallest absolute Gasteiger partial charge is 0.224 e. The van der Waals surface area contributed by atoms with E-state index in [1.165, 1.54) is 12.1 Å². The van der Waals surface area contributed by atoms with Crippen LogP contribution in [-0.2, 0) is 17.8 Å². The average Bonchev–Trinajstić information content (AvgIpc) is 3.28. The van der Waals surface area contributed by atoms with Gasteiger partial charge < -0.3 is 14.5 Å². The maximum Gasteiger partial charge on any atom is 0.224 e. The van der Waals surface area contributed by atoms with Gasteiger partial charge in [0.15, 0.2) is 11.7 Å². The number of nitrogens with zero attached hydrogens (tertiary/aromatic N) is 1. The minimum atomic E-state index is -0.309. The van der Waals surface area contributed by atoms with Gasteiger partial charge in [-0.3, -0.25) is 4.79 Å². The van der Waals surface area contributed by atoms with Crippen LogP contribution in [0.15, 0.2) is 89.5 Å². The fraction of sp³-hybridized carbons (Fsp3) is 0.120. The zero-order chi connectivity index (χ0) is 21.5. The van der Waals surface area contributed by atoms with Crippen molar-refractivity contribution in [2.24, 2.45) is 0 Å². The number of oxazole rings is 1. The Bertz CT molecular complexity index is 1120. The van der Waals surface area contributed by atoms with E-state index < -0.39 is 0 Å². The van der Waals surface area contributed by atoms with Crippen LogP contribution in [0.4, 0.5) is 10.1 Å². The summed E-state index contributed by atoms with van der Waals surface area (Å²) in [4.78, 5) is 16.4. The quantitative estimate of drug-likeness (QED) is 0.404. The zero-order valence-corrected chi connectivity index (χ0v) is 16.8. The molecule has 1 N–H and O–H groups in total. The lowest BCUT2D eigenvalue weighted by Crippen LogP contribution is -2.12. The summed E-state index contributed by atoms with van der Waals surface area (Å²) in [6, 6.07) is 23.1. The molecule has 31 heavy (non-hydrogen) atoms. The Morgan fingerprint density at radius 2 is 1.71 bits per heavy atom. The van der Waals surface area contributed by atoms with Gasteiger partial charge in [-0.2, -0.15) is 0 Å². The Kier molecular flexibility index (Phi) is 6.38. The first-order chi connectivity index (χ1) is 15.2. The second-order valence-electron chi connectivity index (χ2n) is 6.97. The van der Waals surface area contributed by atoms with E-state index in [-0.39, 0.29) is 18.1 Å². The number of anilines is 1. The van der Waals surface area contributed by atoms with E-state index >= 15 is 0 Å². The van der Waals surface area contributed by atoms with E-state index in [4.69, 9.17) is 9.15 Å². The van der Waals surface area contributed by atoms with Crippen molar-refractivity contribution in [3.63, 3.8) is 0 Å². The van der Waals surface area contributed by atoms with E-state index in [2.05, 4.69) is 10.3 Å². The molecular formula is C25H21FN2O3. The highest BCUT2D eigenvalue weighted by molar-refractivity contribution is 5.90. The zero-order valence-electron chi connectivity index (χ0n) is 16.8. The topological polar surface area (TPSA) is 64.4 Å². The van der Waals surface area contributed by atoms with E-state index in [0.29, 0.717) is 30.4 Å². The van der Waals surface area contributed by atoms with Crippen LogP contribution >= 0.6 is 0 Å². The summed E-state index contributed by atoms with van der Waals surface area (Å²) >= 11 is 0. The monoisotopic (exact) mass is 416 g/mol. The van der Waals surface area contributed by atoms with Crippen LogP contribution in [0.5, 0.6) is 5.75 Å². The molecule has 0 fully saturated rings. The van der Waals surface area contributed by atoms with Crippen molar-refractivity contribution >= 4 is 11.6 Å². The van der Waals surface area contributed by atoms with Crippen molar-refractivity contribution in [1.82, 2.24) is 4.98 Å². The molecular weight excluding hydrogens is 395 g/mol. The van der Waals surface area contributed by atoms with Crippen LogP contribution in [0, 0.1) is 5.82 Å². The Morgan fingerprint density at radius 3 is 2.45 bits per heavy atom. The predicted molar refractivity (Wildman–Crippen MR) is 116 cm³/mol. The number of aromatic nitrogens is 1. The van der Waals surface area contributed by atoms with Crippen LogP contribution < -0.4 is 10.1 Å². The lowest BCUT2D eigenvalue weighted by atomic mass is 10.2. The van der Waals surface area contributed by atoms with Crippen molar-refractivity contribution in [1.29, 1.82) is 0 Å². The van der Waals surface area contributed by atoms with Gasteiger partial charge in [0.25, 0.3) is 0 Å². The fourth-order valence-electron chi connectivity index (χ4n) is 2.99. The molecule has 6 heteroatoms. The Balaban J connectivity index is 1.25. The highest BCUT2D eigenvalue weighted by Crippen LogP contribution is 2.21. The molecule has 1 amide bonds. The number of aryl methyl sites for hydroxylation is 1. The molecule has 156 valence electrons. The Labute approximate surface area is 179 Å². The number of benzene rings is 3. The molecule has 0 atom stereocenters. The SMILES string of the molecule is O=C(CCc1ncc(-c2ccc(F)cc2)o1)Nc1ccc(OCc2ccccc2)cc1. The van der Waals surface area contributed by atoms with Gasteiger partial charge in [0.1, 0.15) is 18.2 Å². The molecule has 4 rings (SSSR count). The fourth-order valence-corrected chi connectivity index (χ4v) is 2.99. The van der Waals surface area contributed by atoms with Gasteiger partial charge in [-0.1, -0.05) is 30.3 Å². The third kappa shape index (κ3) is 5.79. The lowest BCUT2D eigenvalue weighted by Gasteiger charge is -2.08. The lowest BCUT2D eigenvalue weighted by molar-refractivity contribution is -0.116. The normalized spacial score (nSPS) is 10.6. The first kappa shape index (κ1) is 20.3. The summed E-state index contributed by atoms with van der Waals surface area (Å²) in [5, 5.41) is 2.85. The second kappa shape index (κ2) is 9.71. The number of rotatable bonds is 8. The standard InChI is InChI=1S/C25H21FN2O3/c26-20-8-6-19(7-9-20)23-16-27-25(31-23)15-14-24(29)28-21-10-12-22(13-11-21)30-17-18-4-2-1-3-5-18/h1-13,16H,14-15,17H2,(H,28,29). The van der Waals surface area contributed by atoms with Crippen molar-refractivity contribution in [3.8, 4) is 17.1 Å². The number of ether oxygens (including phenoxy) is 1. The van der Waals surface area contributed by atoms with Crippen LogP contribution in [0.3, 0.4) is 0 Å². The number of halogens is 1. The molecule has 1 aromatic heterocycles. The van der Waals surface area contributed by atoms with Gasteiger partial charge in [0, 0.05) is 24.1 Å². The van der Waals surface area contributed by atoms with Crippen LogP contribution in [-0.4, -0.2) is 10.9 Å². The first-order valence-electron chi connectivity index (χ1n) is 9.93. The molecule has 5 nitrogen and oxygen atoms in total. The minimum Gasteiger partial charge on any atom is -0.489 e.